The number of carboxylic acid groups (broad SMARTS) is 1. The van der Waals surface area contributed by atoms with Gasteiger partial charge in [0.05, 0.1) is 0 Å². The quantitative estimate of drug-likeness (QED) is 0.386. The normalized spacial score (nSPS) is 11.4. The summed E-state index contributed by atoms with van der Waals surface area (Å²) in [6.45, 7) is 1.09. The van der Waals surface area contributed by atoms with Crippen LogP contribution in [-0.2, 0) is 20.9 Å². The van der Waals surface area contributed by atoms with E-state index in [9.17, 15) is 19.5 Å². The van der Waals surface area contributed by atoms with Crippen molar-refractivity contribution in [3.8, 4) is 0 Å². The lowest BCUT2D eigenvalue weighted by atomic mass is 10.1. The largest absolute Gasteiger partial charge is 0.480 e. The van der Waals surface area contributed by atoms with Crippen LogP contribution in [0.5, 0.6) is 0 Å². The predicted molar refractivity (Wildman–Crippen MR) is 101 cm³/mol. The SMILES string of the molecule is NCCCCC(=O)N[C@@H](CCCCNC(=O)OCc1ccccc1)C(=O)O. The summed E-state index contributed by atoms with van der Waals surface area (Å²) < 4.78 is 5.08. The number of hydrogen-bond acceptors (Lipinski definition) is 5. The zero-order chi connectivity index (χ0) is 19.9. The highest BCUT2D eigenvalue weighted by Crippen LogP contribution is 2.04. The van der Waals surface area contributed by atoms with Crippen LogP contribution >= 0.6 is 0 Å². The standard InChI is InChI=1S/C19H29N3O5/c20-12-6-4-11-17(23)22-16(18(24)25)10-5-7-13-21-19(26)27-14-15-8-2-1-3-9-15/h1-3,8-9,16H,4-7,10-14,20H2,(H,21,26)(H,22,23)(H,24,25)/t16-/m0/s1. The Morgan fingerprint density at radius 2 is 1.81 bits per heavy atom. The highest BCUT2D eigenvalue weighted by Gasteiger charge is 2.19. The van der Waals surface area contributed by atoms with Crippen molar-refractivity contribution >= 4 is 18.0 Å². The van der Waals surface area contributed by atoms with E-state index in [1.165, 1.54) is 0 Å². The summed E-state index contributed by atoms with van der Waals surface area (Å²) in [6.07, 6.45) is 2.59. The molecular weight excluding hydrogens is 350 g/mol. The molecule has 0 spiro atoms. The van der Waals surface area contributed by atoms with E-state index in [1.54, 1.807) is 0 Å². The first-order valence-electron chi connectivity index (χ1n) is 9.19. The van der Waals surface area contributed by atoms with Crippen LogP contribution in [0.4, 0.5) is 4.79 Å². The number of nitrogens with two attached hydrogens (primary N) is 1. The third-order valence-corrected chi connectivity index (χ3v) is 3.89. The van der Waals surface area contributed by atoms with Crippen molar-refractivity contribution in [2.75, 3.05) is 13.1 Å². The highest BCUT2D eigenvalue weighted by molar-refractivity contribution is 5.83. The maximum absolute atomic E-state index is 11.7. The molecule has 5 N–H and O–H groups in total. The molecule has 0 bridgehead atoms. The first-order chi connectivity index (χ1) is 13.0. The minimum atomic E-state index is -1.06. The molecule has 0 saturated carbocycles. The number of aliphatic carboxylic acids is 1. The van der Waals surface area contributed by atoms with Crippen molar-refractivity contribution < 1.29 is 24.2 Å². The average molecular weight is 379 g/mol. The van der Waals surface area contributed by atoms with Gasteiger partial charge in [-0.15, -0.1) is 0 Å². The van der Waals surface area contributed by atoms with E-state index >= 15 is 0 Å². The molecule has 0 aromatic heterocycles. The number of alkyl carbamates (subject to hydrolysis) is 1. The van der Waals surface area contributed by atoms with Gasteiger partial charge in [0, 0.05) is 13.0 Å². The molecule has 150 valence electrons. The van der Waals surface area contributed by atoms with Gasteiger partial charge < -0.3 is 26.2 Å². The van der Waals surface area contributed by atoms with Crippen molar-refractivity contribution in [2.45, 2.75) is 51.2 Å². The molecule has 0 unspecified atom stereocenters. The van der Waals surface area contributed by atoms with Gasteiger partial charge >= 0.3 is 12.1 Å². The van der Waals surface area contributed by atoms with E-state index < -0.39 is 18.1 Å². The van der Waals surface area contributed by atoms with Crippen LogP contribution in [0, 0.1) is 0 Å². The monoisotopic (exact) mass is 379 g/mol. The summed E-state index contributed by atoms with van der Waals surface area (Å²) in [5, 5.41) is 14.3. The fourth-order valence-electron chi connectivity index (χ4n) is 2.39. The topological polar surface area (TPSA) is 131 Å². The van der Waals surface area contributed by atoms with Crippen molar-refractivity contribution in [3.05, 3.63) is 35.9 Å². The molecule has 27 heavy (non-hydrogen) atoms. The van der Waals surface area contributed by atoms with Gasteiger partial charge in [0.15, 0.2) is 0 Å². The number of ether oxygens (including phenoxy) is 1. The summed E-state index contributed by atoms with van der Waals surface area (Å²) >= 11 is 0. The van der Waals surface area contributed by atoms with E-state index in [-0.39, 0.29) is 18.9 Å². The first kappa shape index (κ1) is 22.4. The molecule has 1 aromatic rings. The molecule has 1 aromatic carbocycles. The second-order valence-electron chi connectivity index (χ2n) is 6.19. The molecule has 0 aliphatic rings. The van der Waals surface area contributed by atoms with E-state index in [2.05, 4.69) is 10.6 Å². The Kier molecular flexibility index (Phi) is 11.3. The second-order valence-corrected chi connectivity index (χ2v) is 6.19. The van der Waals surface area contributed by atoms with E-state index in [1.807, 2.05) is 30.3 Å². The third-order valence-electron chi connectivity index (χ3n) is 3.89. The Bertz CT molecular complexity index is 580. The van der Waals surface area contributed by atoms with Crippen LogP contribution < -0.4 is 16.4 Å². The highest BCUT2D eigenvalue weighted by atomic mass is 16.5. The number of carbonyl (C=O) groups is 3. The molecule has 0 fully saturated rings. The van der Waals surface area contributed by atoms with Crippen LogP contribution in [-0.4, -0.2) is 42.2 Å². The second kappa shape index (κ2) is 13.6. The van der Waals surface area contributed by atoms with Crippen molar-refractivity contribution in [1.29, 1.82) is 0 Å². The zero-order valence-corrected chi connectivity index (χ0v) is 15.5. The van der Waals surface area contributed by atoms with Crippen LogP contribution in [0.2, 0.25) is 0 Å². The number of amides is 2. The van der Waals surface area contributed by atoms with Crippen molar-refractivity contribution in [1.82, 2.24) is 10.6 Å². The van der Waals surface area contributed by atoms with Crippen LogP contribution in [0.25, 0.3) is 0 Å². The van der Waals surface area contributed by atoms with Crippen molar-refractivity contribution in [2.24, 2.45) is 5.73 Å². The summed E-state index contributed by atoms with van der Waals surface area (Å²) in [5.41, 5.74) is 6.27. The molecule has 8 nitrogen and oxygen atoms in total. The molecule has 0 heterocycles. The van der Waals surface area contributed by atoms with Gasteiger partial charge in [-0.05, 0) is 44.2 Å². The minimum Gasteiger partial charge on any atom is -0.480 e. The molecule has 0 aliphatic heterocycles. The fourth-order valence-corrected chi connectivity index (χ4v) is 2.39. The maximum Gasteiger partial charge on any atom is 0.407 e. The number of rotatable bonds is 13. The van der Waals surface area contributed by atoms with Gasteiger partial charge in [-0.3, -0.25) is 4.79 Å². The van der Waals surface area contributed by atoms with E-state index in [0.29, 0.717) is 38.8 Å². The van der Waals surface area contributed by atoms with E-state index in [4.69, 9.17) is 10.5 Å². The molecular formula is C19H29N3O5. The zero-order valence-electron chi connectivity index (χ0n) is 15.5. The Balaban J connectivity index is 2.15. The maximum atomic E-state index is 11.7. The number of unbranched alkanes of at least 4 members (excludes halogenated alkanes) is 2. The Hall–Kier alpha value is -2.61. The van der Waals surface area contributed by atoms with Gasteiger partial charge in [-0.1, -0.05) is 30.3 Å². The number of hydrogen-bond donors (Lipinski definition) is 4. The number of benzene rings is 1. The summed E-state index contributed by atoms with van der Waals surface area (Å²) in [5.74, 6) is -1.34. The molecule has 2 amide bonds. The van der Waals surface area contributed by atoms with Gasteiger partial charge in [-0.2, -0.15) is 0 Å². The number of nitrogens with one attached hydrogen (secondary N) is 2. The molecule has 0 aliphatic carbocycles. The number of carbonyl (C=O) groups excluding carboxylic acids is 2. The summed E-state index contributed by atoms with van der Waals surface area (Å²) in [7, 11) is 0. The van der Waals surface area contributed by atoms with Crippen molar-refractivity contribution in [3.63, 3.8) is 0 Å². The predicted octanol–water partition coefficient (Wildman–Crippen LogP) is 1.78. The Morgan fingerprint density at radius 1 is 1.07 bits per heavy atom. The molecule has 1 rings (SSSR count). The Morgan fingerprint density at radius 3 is 2.48 bits per heavy atom. The smallest absolute Gasteiger partial charge is 0.407 e. The molecule has 8 heteroatoms. The Labute approximate surface area is 159 Å². The van der Waals surface area contributed by atoms with E-state index in [0.717, 1.165) is 12.0 Å². The lowest BCUT2D eigenvalue weighted by Crippen LogP contribution is -2.40. The summed E-state index contributed by atoms with van der Waals surface area (Å²) in [4.78, 5) is 34.5. The van der Waals surface area contributed by atoms with Gasteiger partial charge in [0.1, 0.15) is 12.6 Å². The molecule has 1 atom stereocenters. The lowest BCUT2D eigenvalue weighted by molar-refractivity contribution is -0.142. The summed E-state index contributed by atoms with van der Waals surface area (Å²) in [6, 6.07) is 8.43. The third kappa shape index (κ3) is 10.9. The fraction of sp³-hybridized carbons (Fsp3) is 0.526. The molecule has 0 radical (unpaired) electrons. The molecule has 0 saturated heterocycles. The van der Waals surface area contributed by atoms with Crippen LogP contribution in [0.3, 0.4) is 0 Å². The van der Waals surface area contributed by atoms with Crippen LogP contribution in [0.15, 0.2) is 30.3 Å². The van der Waals surface area contributed by atoms with Gasteiger partial charge in [0.2, 0.25) is 5.91 Å². The first-order valence-corrected chi connectivity index (χ1v) is 9.19. The minimum absolute atomic E-state index is 0.198. The van der Waals surface area contributed by atoms with Gasteiger partial charge in [0.25, 0.3) is 0 Å². The number of carboxylic acids is 1. The average Bonchev–Trinajstić information content (AvgIpc) is 2.66. The van der Waals surface area contributed by atoms with Gasteiger partial charge in [-0.25, -0.2) is 9.59 Å². The lowest BCUT2D eigenvalue weighted by Gasteiger charge is -2.14. The van der Waals surface area contributed by atoms with Crippen LogP contribution in [0.1, 0.15) is 44.1 Å².